The number of esters is 1. The lowest BCUT2D eigenvalue weighted by atomic mass is 9.77. The van der Waals surface area contributed by atoms with Crippen molar-refractivity contribution in [2.24, 2.45) is 5.92 Å². The first-order chi connectivity index (χ1) is 10.8. The summed E-state index contributed by atoms with van der Waals surface area (Å²) >= 11 is 0. The van der Waals surface area contributed by atoms with Crippen molar-refractivity contribution in [2.45, 2.75) is 77.9 Å². The topological polar surface area (TPSA) is 46.5 Å². The van der Waals surface area contributed by atoms with E-state index in [2.05, 4.69) is 13.0 Å². The van der Waals surface area contributed by atoms with Crippen LogP contribution in [0.25, 0.3) is 0 Å². The van der Waals surface area contributed by atoms with Crippen LogP contribution in [0.5, 0.6) is 0 Å². The van der Waals surface area contributed by atoms with Crippen LogP contribution in [-0.2, 0) is 9.53 Å². The van der Waals surface area contributed by atoms with Crippen LogP contribution in [0.3, 0.4) is 0 Å². The Bertz CT molecular complexity index is 539. The second-order valence-corrected chi connectivity index (χ2v) is 7.31. The Balaban J connectivity index is 2.36. The van der Waals surface area contributed by atoms with Gasteiger partial charge >= 0.3 is 5.97 Å². The van der Waals surface area contributed by atoms with Crippen LogP contribution < -0.4 is 0 Å². The van der Waals surface area contributed by atoms with Gasteiger partial charge in [-0.25, -0.2) is 4.79 Å². The van der Waals surface area contributed by atoms with Crippen molar-refractivity contribution < 1.29 is 14.6 Å². The quantitative estimate of drug-likeness (QED) is 0.573. The van der Waals surface area contributed by atoms with Crippen molar-refractivity contribution in [2.75, 3.05) is 0 Å². The Morgan fingerprint density at radius 1 is 1.13 bits per heavy atom. The van der Waals surface area contributed by atoms with E-state index in [0.29, 0.717) is 12.8 Å². The van der Waals surface area contributed by atoms with E-state index >= 15 is 0 Å². The first kappa shape index (κ1) is 18.0. The lowest BCUT2D eigenvalue weighted by Crippen LogP contribution is -2.52. The number of rotatable bonds is 1. The van der Waals surface area contributed by atoms with Gasteiger partial charge in [-0.05, 0) is 58.3 Å². The van der Waals surface area contributed by atoms with Crippen LogP contribution in [-0.4, -0.2) is 22.8 Å². The van der Waals surface area contributed by atoms with Gasteiger partial charge in [0.15, 0.2) is 0 Å². The summed E-state index contributed by atoms with van der Waals surface area (Å²) in [6.45, 7) is 8.22. The SMILES string of the molecule is CC1=C[C@@H](O)[C@@]2(C(C)C)CC/C(=C\CC/C(C)=C\CC1)C(=O)O2. The van der Waals surface area contributed by atoms with Crippen LogP contribution >= 0.6 is 0 Å². The molecule has 0 radical (unpaired) electrons. The summed E-state index contributed by atoms with van der Waals surface area (Å²) < 4.78 is 5.81. The highest BCUT2D eigenvalue weighted by Gasteiger charge is 2.47. The predicted molar refractivity (Wildman–Crippen MR) is 93.0 cm³/mol. The number of aliphatic hydroxyl groups excluding tert-OH is 1. The van der Waals surface area contributed by atoms with E-state index in [1.807, 2.05) is 32.9 Å². The molecule has 1 aliphatic carbocycles. The van der Waals surface area contributed by atoms with E-state index in [-0.39, 0.29) is 11.9 Å². The van der Waals surface area contributed by atoms with Gasteiger partial charge in [0.1, 0.15) is 11.7 Å². The highest BCUT2D eigenvalue weighted by molar-refractivity contribution is 5.89. The van der Waals surface area contributed by atoms with Gasteiger partial charge in [0.2, 0.25) is 0 Å². The normalized spacial score (nSPS) is 34.8. The Kier molecular flexibility index (Phi) is 5.85. The Morgan fingerprint density at radius 2 is 1.78 bits per heavy atom. The number of allylic oxidation sites excluding steroid dienone is 4. The third-order valence-electron chi connectivity index (χ3n) is 5.21. The summed E-state index contributed by atoms with van der Waals surface area (Å²) in [4.78, 5) is 12.4. The van der Waals surface area contributed by atoms with E-state index in [4.69, 9.17) is 4.74 Å². The number of carbonyl (C=O) groups is 1. The van der Waals surface area contributed by atoms with Crippen molar-refractivity contribution >= 4 is 5.97 Å². The van der Waals surface area contributed by atoms with E-state index in [0.717, 1.165) is 36.8 Å². The molecule has 0 spiro atoms. The fraction of sp³-hybridized carbons (Fsp3) is 0.650. The van der Waals surface area contributed by atoms with Gasteiger partial charge < -0.3 is 9.84 Å². The van der Waals surface area contributed by atoms with Gasteiger partial charge in [-0.15, -0.1) is 0 Å². The number of carbonyl (C=O) groups excluding carboxylic acids is 1. The molecule has 0 amide bonds. The second kappa shape index (κ2) is 7.48. The zero-order valence-corrected chi connectivity index (χ0v) is 14.9. The molecule has 3 nitrogen and oxygen atoms in total. The smallest absolute Gasteiger partial charge is 0.334 e. The van der Waals surface area contributed by atoms with Gasteiger partial charge in [0.25, 0.3) is 0 Å². The molecule has 2 atom stereocenters. The van der Waals surface area contributed by atoms with Gasteiger partial charge in [-0.1, -0.05) is 43.2 Å². The summed E-state index contributed by atoms with van der Waals surface area (Å²) in [5.41, 5.74) is 2.47. The van der Waals surface area contributed by atoms with Crippen molar-refractivity contribution in [1.82, 2.24) is 0 Å². The summed E-state index contributed by atoms with van der Waals surface area (Å²) in [7, 11) is 0. The second-order valence-electron chi connectivity index (χ2n) is 7.31. The van der Waals surface area contributed by atoms with Crippen LogP contribution in [0.1, 0.15) is 66.2 Å². The molecule has 0 aromatic carbocycles. The van der Waals surface area contributed by atoms with Crippen molar-refractivity contribution in [3.8, 4) is 0 Å². The molecule has 3 rings (SSSR count). The maximum atomic E-state index is 12.4. The summed E-state index contributed by atoms with van der Waals surface area (Å²) in [6.07, 6.45) is 10.6. The van der Waals surface area contributed by atoms with Crippen molar-refractivity contribution in [1.29, 1.82) is 0 Å². The average molecular weight is 318 g/mol. The molecule has 2 aliphatic heterocycles. The molecular formula is C20H30O3. The molecule has 3 aliphatic rings. The number of ether oxygens (including phenoxy) is 1. The zero-order chi connectivity index (χ0) is 17.0. The van der Waals surface area contributed by atoms with E-state index in [9.17, 15) is 9.90 Å². The summed E-state index contributed by atoms with van der Waals surface area (Å²) in [6, 6.07) is 0. The van der Waals surface area contributed by atoms with Crippen molar-refractivity contribution in [3.05, 3.63) is 34.9 Å². The molecule has 0 saturated carbocycles. The Morgan fingerprint density at radius 3 is 2.43 bits per heavy atom. The molecule has 0 aromatic heterocycles. The number of fused-ring (bicyclic) bond motifs is 9. The minimum Gasteiger partial charge on any atom is -0.452 e. The Hall–Kier alpha value is -1.35. The fourth-order valence-corrected chi connectivity index (χ4v) is 3.48. The maximum Gasteiger partial charge on any atom is 0.334 e. The summed E-state index contributed by atoms with van der Waals surface area (Å²) in [5.74, 6) is -0.184. The van der Waals surface area contributed by atoms with E-state index < -0.39 is 11.7 Å². The van der Waals surface area contributed by atoms with Gasteiger partial charge in [0.05, 0.1) is 0 Å². The van der Waals surface area contributed by atoms with E-state index in [1.165, 1.54) is 5.57 Å². The number of hydrogen-bond acceptors (Lipinski definition) is 3. The molecule has 0 aromatic rings. The van der Waals surface area contributed by atoms with E-state index in [1.54, 1.807) is 0 Å². The third kappa shape index (κ3) is 4.14. The standard InChI is InChI=1S/C20H30O3/c1-14(2)20-12-11-17(19(22)23-20)10-6-8-15(3)7-5-9-16(4)13-18(20)21/h7,10,13-14,18,21H,5-6,8-9,11-12H2,1-4H3/b15-7-,16-13?,17-10+/t18-,20+/m1/s1. The minimum atomic E-state index is -0.800. The zero-order valence-electron chi connectivity index (χ0n) is 14.9. The summed E-state index contributed by atoms with van der Waals surface area (Å²) in [5, 5.41) is 10.8. The Labute approximate surface area is 140 Å². The highest BCUT2D eigenvalue weighted by atomic mass is 16.6. The third-order valence-corrected chi connectivity index (χ3v) is 5.21. The first-order valence-corrected chi connectivity index (χ1v) is 8.78. The van der Waals surface area contributed by atoms with Crippen LogP contribution in [0, 0.1) is 5.92 Å². The van der Waals surface area contributed by atoms with Crippen molar-refractivity contribution in [3.63, 3.8) is 0 Å². The van der Waals surface area contributed by atoms with Gasteiger partial charge in [0, 0.05) is 5.57 Å². The molecule has 0 unspecified atom stereocenters. The molecule has 1 saturated heterocycles. The molecule has 128 valence electrons. The van der Waals surface area contributed by atoms with Gasteiger partial charge in [-0.2, -0.15) is 0 Å². The molecule has 3 heteroatoms. The number of aliphatic hydroxyl groups is 1. The largest absolute Gasteiger partial charge is 0.452 e. The molecular weight excluding hydrogens is 288 g/mol. The molecule has 1 fully saturated rings. The van der Waals surface area contributed by atoms with Gasteiger partial charge in [-0.3, -0.25) is 0 Å². The highest BCUT2D eigenvalue weighted by Crippen LogP contribution is 2.39. The maximum absolute atomic E-state index is 12.4. The molecule has 2 heterocycles. The molecule has 23 heavy (non-hydrogen) atoms. The monoisotopic (exact) mass is 318 g/mol. The molecule has 2 bridgehead atoms. The van der Waals surface area contributed by atoms with Crippen LogP contribution in [0.4, 0.5) is 0 Å². The lowest BCUT2D eigenvalue weighted by molar-refractivity contribution is -0.181. The first-order valence-electron chi connectivity index (χ1n) is 8.78. The minimum absolute atomic E-state index is 0.0714. The fourth-order valence-electron chi connectivity index (χ4n) is 3.48. The lowest BCUT2D eigenvalue weighted by Gasteiger charge is -2.43. The average Bonchev–Trinajstić information content (AvgIpc) is 2.47. The van der Waals surface area contributed by atoms with Crippen LogP contribution in [0.2, 0.25) is 0 Å². The predicted octanol–water partition coefficient (Wildman–Crippen LogP) is 4.47. The number of hydrogen-bond donors (Lipinski definition) is 1. The van der Waals surface area contributed by atoms with Crippen LogP contribution in [0.15, 0.2) is 34.9 Å². The molecule has 1 N–H and O–H groups in total.